The first-order valence-corrected chi connectivity index (χ1v) is 17.3. The summed E-state index contributed by atoms with van der Waals surface area (Å²) in [5.74, 6) is -2.37. The Hall–Kier alpha value is -6.52. The monoisotopic (exact) mass is 770 g/mol. The topological polar surface area (TPSA) is 221 Å². The molecule has 0 saturated carbocycles. The number of rotatable bonds is 22. The summed E-state index contributed by atoms with van der Waals surface area (Å²) in [7, 11) is 0. The minimum Gasteiger partial charge on any atom is -0.494 e. The van der Waals surface area contributed by atoms with E-state index in [1.54, 1.807) is 12.1 Å². The number of aliphatic hydroxyl groups excluding tert-OH is 2. The van der Waals surface area contributed by atoms with Crippen LogP contribution in [0.4, 0.5) is 0 Å². The van der Waals surface area contributed by atoms with Gasteiger partial charge in [-0.05, 0) is 87.4 Å². The van der Waals surface area contributed by atoms with Gasteiger partial charge in [0, 0.05) is 24.2 Å². The Bertz CT molecular complexity index is 1940. The molecular weight excluding hydrogens is 728 g/mol. The molecule has 0 aliphatic rings. The smallest absolute Gasteiger partial charge is 0.343 e. The Balaban J connectivity index is 1.46. The third-order valence-electron chi connectivity index (χ3n) is 7.43. The third kappa shape index (κ3) is 14.4. The zero-order valence-electron chi connectivity index (χ0n) is 31.0. The number of unbranched alkanes of at least 4 members (excludes halogenated alkanes) is 1. The van der Waals surface area contributed by atoms with Crippen LogP contribution in [0.2, 0.25) is 0 Å². The van der Waals surface area contributed by atoms with Crippen molar-refractivity contribution in [3.8, 4) is 35.1 Å². The van der Waals surface area contributed by atoms with Crippen LogP contribution in [0.1, 0.15) is 65.0 Å². The van der Waals surface area contributed by atoms with Gasteiger partial charge in [0.05, 0.1) is 37.1 Å². The second-order valence-electron chi connectivity index (χ2n) is 12.2. The SMILES string of the molecule is C=C(C)C(=O)OCC(O)CCOc1ccc(C(=O)Oc2ccc(OC(=O)c3ccc(OCCCCOCC(O)COC(=O)C(=C)C)cc3)c(C#N)c2C#N)cc1. The van der Waals surface area contributed by atoms with Gasteiger partial charge in [-0.25, -0.2) is 19.2 Å². The lowest BCUT2D eigenvalue weighted by Gasteiger charge is -2.13. The van der Waals surface area contributed by atoms with Crippen molar-refractivity contribution in [1.29, 1.82) is 10.5 Å². The highest BCUT2D eigenvalue weighted by atomic mass is 16.6. The summed E-state index contributed by atoms with van der Waals surface area (Å²) in [5.41, 5.74) is 0.0919. The summed E-state index contributed by atoms with van der Waals surface area (Å²) in [6.45, 7) is 10.4. The van der Waals surface area contributed by atoms with Crippen LogP contribution in [0, 0.1) is 22.7 Å². The quantitative estimate of drug-likeness (QED) is 0.0608. The van der Waals surface area contributed by atoms with E-state index in [-0.39, 0.29) is 77.7 Å². The van der Waals surface area contributed by atoms with Crippen LogP contribution in [-0.4, -0.2) is 85.9 Å². The molecule has 15 heteroatoms. The molecule has 56 heavy (non-hydrogen) atoms. The molecule has 0 aromatic heterocycles. The van der Waals surface area contributed by atoms with Gasteiger partial charge in [0.15, 0.2) is 11.5 Å². The zero-order chi connectivity index (χ0) is 41.0. The van der Waals surface area contributed by atoms with E-state index in [4.69, 9.17) is 33.2 Å². The van der Waals surface area contributed by atoms with Crippen LogP contribution in [0.5, 0.6) is 23.0 Å². The molecule has 0 heterocycles. The number of carbonyl (C=O) groups excluding carboxylic acids is 4. The number of hydrogen-bond donors (Lipinski definition) is 2. The van der Waals surface area contributed by atoms with E-state index >= 15 is 0 Å². The maximum atomic E-state index is 12.9. The van der Waals surface area contributed by atoms with Crippen molar-refractivity contribution >= 4 is 23.9 Å². The fourth-order valence-corrected chi connectivity index (χ4v) is 4.40. The van der Waals surface area contributed by atoms with Gasteiger partial charge in [0.25, 0.3) is 0 Å². The maximum absolute atomic E-state index is 12.9. The van der Waals surface area contributed by atoms with E-state index in [0.29, 0.717) is 37.6 Å². The number of aliphatic hydroxyl groups is 2. The number of nitriles is 2. The van der Waals surface area contributed by atoms with E-state index < -0.39 is 36.1 Å². The lowest BCUT2D eigenvalue weighted by molar-refractivity contribution is -0.143. The Morgan fingerprint density at radius 1 is 0.625 bits per heavy atom. The first-order valence-electron chi connectivity index (χ1n) is 17.3. The number of hydrogen-bond acceptors (Lipinski definition) is 15. The molecule has 0 aliphatic heterocycles. The summed E-state index contributed by atoms with van der Waals surface area (Å²) >= 11 is 0. The molecule has 0 radical (unpaired) electrons. The van der Waals surface area contributed by atoms with E-state index in [2.05, 4.69) is 13.2 Å². The van der Waals surface area contributed by atoms with Crippen LogP contribution in [0.15, 0.2) is 85.0 Å². The van der Waals surface area contributed by atoms with Crippen molar-refractivity contribution in [3.05, 3.63) is 107 Å². The molecule has 3 rings (SSSR count). The number of esters is 4. The van der Waals surface area contributed by atoms with Crippen LogP contribution in [0.25, 0.3) is 0 Å². The molecule has 15 nitrogen and oxygen atoms in total. The second kappa shape index (κ2) is 22.6. The molecule has 0 aliphatic carbocycles. The number of benzene rings is 3. The summed E-state index contributed by atoms with van der Waals surface area (Å²) in [6.07, 6.45) is -0.434. The van der Waals surface area contributed by atoms with Crippen molar-refractivity contribution < 1.29 is 62.5 Å². The Labute approximate surface area is 323 Å². The molecule has 294 valence electrons. The first-order chi connectivity index (χ1) is 26.8. The highest BCUT2D eigenvalue weighted by Gasteiger charge is 2.21. The Kier molecular flexibility index (Phi) is 17.7. The predicted octanol–water partition coefficient (Wildman–Crippen LogP) is 4.77. The Morgan fingerprint density at radius 3 is 1.50 bits per heavy atom. The number of ether oxygens (including phenoxy) is 7. The number of nitrogens with zero attached hydrogens (tertiary/aromatic N) is 2. The average molecular weight is 771 g/mol. The largest absolute Gasteiger partial charge is 0.494 e. The van der Waals surface area contributed by atoms with Gasteiger partial charge in [0.2, 0.25) is 0 Å². The minimum atomic E-state index is -0.947. The first kappa shape index (κ1) is 43.9. The average Bonchev–Trinajstić information content (AvgIpc) is 3.19. The van der Waals surface area contributed by atoms with Crippen LogP contribution in [0.3, 0.4) is 0 Å². The fourth-order valence-electron chi connectivity index (χ4n) is 4.40. The highest BCUT2D eigenvalue weighted by molar-refractivity contribution is 5.93. The van der Waals surface area contributed by atoms with Gasteiger partial charge in [-0.1, -0.05) is 13.2 Å². The maximum Gasteiger partial charge on any atom is 0.343 e. The lowest BCUT2D eigenvalue weighted by atomic mass is 10.1. The van der Waals surface area contributed by atoms with Gasteiger partial charge < -0.3 is 43.4 Å². The summed E-state index contributed by atoms with van der Waals surface area (Å²) < 4.78 is 37.2. The van der Waals surface area contributed by atoms with Crippen molar-refractivity contribution in [2.24, 2.45) is 0 Å². The highest BCUT2D eigenvalue weighted by Crippen LogP contribution is 2.31. The van der Waals surface area contributed by atoms with Gasteiger partial charge in [-0.15, -0.1) is 0 Å². The van der Waals surface area contributed by atoms with Gasteiger partial charge in [-0.2, -0.15) is 10.5 Å². The molecule has 2 unspecified atom stereocenters. The molecule has 3 aromatic rings. The zero-order valence-corrected chi connectivity index (χ0v) is 31.0. The lowest BCUT2D eigenvalue weighted by Crippen LogP contribution is -2.24. The normalized spacial score (nSPS) is 11.5. The van der Waals surface area contributed by atoms with Gasteiger partial charge >= 0.3 is 23.9 Å². The molecular formula is C41H42N2O13. The molecule has 3 aromatic carbocycles. The minimum absolute atomic E-state index is 0.0104. The fraction of sp³-hybridized carbons (Fsp3) is 0.317. The summed E-state index contributed by atoms with van der Waals surface area (Å²) in [6, 6.07) is 18.1. The van der Waals surface area contributed by atoms with Gasteiger partial charge in [0.1, 0.15) is 54.1 Å². The van der Waals surface area contributed by atoms with Gasteiger partial charge in [-0.3, -0.25) is 0 Å². The third-order valence-corrected chi connectivity index (χ3v) is 7.43. The van der Waals surface area contributed by atoms with Crippen molar-refractivity contribution in [2.45, 2.75) is 45.3 Å². The van der Waals surface area contributed by atoms with E-state index in [9.17, 15) is 39.9 Å². The van der Waals surface area contributed by atoms with E-state index in [1.807, 2.05) is 12.1 Å². The summed E-state index contributed by atoms with van der Waals surface area (Å²) in [5, 5.41) is 39.4. The molecule has 0 fully saturated rings. The van der Waals surface area contributed by atoms with Crippen LogP contribution in [-0.2, 0) is 23.8 Å². The molecule has 0 spiro atoms. The van der Waals surface area contributed by atoms with E-state index in [1.165, 1.54) is 62.4 Å². The second-order valence-corrected chi connectivity index (χ2v) is 12.2. The summed E-state index contributed by atoms with van der Waals surface area (Å²) in [4.78, 5) is 48.6. The molecule has 0 amide bonds. The van der Waals surface area contributed by atoms with Crippen molar-refractivity contribution in [3.63, 3.8) is 0 Å². The molecule has 0 saturated heterocycles. The standard InChI is InChI=1S/C41H42N2O13/c1-26(2)38(46)53-24-30(44)17-20-52-33-13-9-29(10-14-33)41(49)56-37-16-15-36(34(21-42)35(37)22-43)55-40(48)28-7-11-32(12-8-28)51-19-6-5-18-50-23-31(45)25-54-39(47)27(3)4/h7-16,30-31,44-45H,1,3,5-6,17-20,23-25H2,2,4H3. The predicted molar refractivity (Wildman–Crippen MR) is 198 cm³/mol. The van der Waals surface area contributed by atoms with E-state index in [0.717, 1.165) is 0 Å². The Morgan fingerprint density at radius 2 is 1.05 bits per heavy atom. The number of carbonyl (C=O) groups is 4. The van der Waals surface area contributed by atoms with Crippen molar-refractivity contribution in [1.82, 2.24) is 0 Å². The van der Waals surface area contributed by atoms with Crippen molar-refractivity contribution in [2.75, 3.05) is 39.6 Å². The molecule has 2 atom stereocenters. The van der Waals surface area contributed by atoms with Crippen LogP contribution >= 0.6 is 0 Å². The molecule has 2 N–H and O–H groups in total. The van der Waals surface area contributed by atoms with Crippen LogP contribution < -0.4 is 18.9 Å². The molecule has 0 bridgehead atoms.